The van der Waals surface area contributed by atoms with Crippen LogP contribution in [0.5, 0.6) is 17.2 Å². The van der Waals surface area contributed by atoms with Crippen LogP contribution in [0.15, 0.2) is 96.2 Å². The topological polar surface area (TPSA) is 77.1 Å². The lowest BCUT2D eigenvalue weighted by atomic mass is 9.78. The van der Waals surface area contributed by atoms with E-state index in [4.69, 9.17) is 25.8 Å². The van der Waals surface area contributed by atoms with Gasteiger partial charge < -0.3 is 19.5 Å². The lowest BCUT2D eigenvalue weighted by molar-refractivity contribution is -0.116. The van der Waals surface area contributed by atoms with Gasteiger partial charge in [-0.25, -0.2) is 4.39 Å². The van der Waals surface area contributed by atoms with Crippen molar-refractivity contribution in [3.05, 3.63) is 124 Å². The Labute approximate surface area is 259 Å². The molecule has 1 N–H and O–H groups in total. The molecular formula is C35H30ClFN2O5. The van der Waals surface area contributed by atoms with Gasteiger partial charge in [0.2, 0.25) is 5.75 Å². The lowest BCUT2D eigenvalue weighted by Gasteiger charge is -2.35. The first-order valence-electron chi connectivity index (χ1n) is 14.1. The molecule has 0 radical (unpaired) electrons. The normalized spacial score (nSPS) is 17.7. The summed E-state index contributed by atoms with van der Waals surface area (Å²) >= 11 is 6.14. The van der Waals surface area contributed by atoms with Crippen molar-refractivity contribution in [3.8, 4) is 17.2 Å². The fraction of sp³-hybridized carbons (Fsp3) is 0.200. The number of amides is 1. The first-order valence-corrected chi connectivity index (χ1v) is 14.5. The van der Waals surface area contributed by atoms with Crippen LogP contribution in [0.1, 0.15) is 46.3 Å². The number of carbonyl (C=O) groups is 2. The number of nitrogens with zero attached hydrogens (tertiary/aromatic N) is 1. The molecule has 0 bridgehead atoms. The van der Waals surface area contributed by atoms with Gasteiger partial charge in [0.15, 0.2) is 17.3 Å². The molecule has 2 aliphatic rings. The van der Waals surface area contributed by atoms with Crippen LogP contribution in [-0.4, -0.2) is 33.0 Å². The van der Waals surface area contributed by atoms with E-state index in [9.17, 15) is 14.0 Å². The number of Topliss-reactive ketones (excluding diaryl/α,β-unsaturated/α-hetero) is 1. The molecule has 2 unspecified atom stereocenters. The Balaban J connectivity index is 1.56. The molecule has 0 aromatic heterocycles. The van der Waals surface area contributed by atoms with Gasteiger partial charge in [-0.05, 0) is 72.0 Å². The van der Waals surface area contributed by atoms with E-state index in [-0.39, 0.29) is 23.7 Å². The van der Waals surface area contributed by atoms with Crippen molar-refractivity contribution in [1.82, 2.24) is 0 Å². The number of fused-ring (bicyclic) bond motifs is 1. The highest BCUT2D eigenvalue weighted by atomic mass is 35.5. The van der Waals surface area contributed by atoms with Crippen molar-refractivity contribution in [2.45, 2.75) is 24.8 Å². The SMILES string of the molecule is COc1cc(C(=O)N2c3ccccc3NC3=C(C(=O)CC(c4ccc(Cl)cc4)C3)C2c2ccc(F)cc2)cc(OC)c1OC. The van der Waals surface area contributed by atoms with Gasteiger partial charge in [0.25, 0.3) is 5.91 Å². The molecule has 4 aromatic carbocycles. The zero-order chi connectivity index (χ0) is 31.0. The molecule has 1 amide bonds. The monoisotopic (exact) mass is 612 g/mol. The number of carbonyl (C=O) groups excluding carboxylic acids is 2. The molecule has 44 heavy (non-hydrogen) atoms. The standard InChI is InChI=1S/C35H30ClFN2O5/c1-42-30-18-23(19-31(43-2)34(30)44-3)35(41)39-28-7-5-4-6-26(28)38-27-16-22(20-8-12-24(36)13-9-20)17-29(40)32(27)33(39)21-10-14-25(37)15-11-21/h4-15,18-19,22,33,38H,16-17H2,1-3H3. The second kappa shape index (κ2) is 12.1. The maximum absolute atomic E-state index is 14.7. The van der Waals surface area contributed by atoms with E-state index in [2.05, 4.69) is 5.32 Å². The van der Waals surface area contributed by atoms with Gasteiger partial charge in [0.05, 0.1) is 38.7 Å². The molecule has 0 saturated heterocycles. The number of halogens is 2. The molecule has 1 heterocycles. The van der Waals surface area contributed by atoms with Crippen LogP contribution in [0.2, 0.25) is 5.02 Å². The zero-order valence-electron chi connectivity index (χ0n) is 24.4. The number of benzene rings is 4. The minimum atomic E-state index is -0.855. The highest BCUT2D eigenvalue weighted by Crippen LogP contribution is 2.48. The molecule has 1 aliphatic heterocycles. The Bertz CT molecular complexity index is 1750. The van der Waals surface area contributed by atoms with E-state index in [0.717, 1.165) is 5.56 Å². The smallest absolute Gasteiger partial charge is 0.259 e. The highest BCUT2D eigenvalue weighted by Gasteiger charge is 2.42. The van der Waals surface area contributed by atoms with Crippen molar-refractivity contribution in [3.63, 3.8) is 0 Å². The van der Waals surface area contributed by atoms with Crippen LogP contribution in [0, 0.1) is 5.82 Å². The first kappa shape index (κ1) is 29.3. The van der Waals surface area contributed by atoms with E-state index >= 15 is 0 Å². The number of hydrogen-bond acceptors (Lipinski definition) is 6. The predicted octanol–water partition coefficient (Wildman–Crippen LogP) is 7.72. The molecule has 6 rings (SSSR count). The van der Waals surface area contributed by atoms with Crippen molar-refractivity contribution >= 4 is 34.7 Å². The molecule has 4 aromatic rings. The molecule has 224 valence electrons. The second-order valence-electron chi connectivity index (χ2n) is 10.7. The summed E-state index contributed by atoms with van der Waals surface area (Å²) in [5.74, 6) is -0.0544. The van der Waals surface area contributed by atoms with E-state index < -0.39 is 17.8 Å². The lowest BCUT2D eigenvalue weighted by Crippen LogP contribution is -2.38. The summed E-state index contributed by atoms with van der Waals surface area (Å²) in [6.45, 7) is 0. The summed E-state index contributed by atoms with van der Waals surface area (Å²) < 4.78 is 30.7. The number of ether oxygens (including phenoxy) is 3. The number of para-hydroxylation sites is 2. The van der Waals surface area contributed by atoms with Crippen LogP contribution < -0.4 is 24.4 Å². The van der Waals surface area contributed by atoms with Gasteiger partial charge in [0.1, 0.15) is 5.82 Å². The summed E-state index contributed by atoms with van der Waals surface area (Å²) in [4.78, 5) is 30.6. The maximum atomic E-state index is 14.7. The average Bonchev–Trinajstić information content (AvgIpc) is 3.19. The molecule has 9 heteroatoms. The average molecular weight is 613 g/mol. The van der Waals surface area contributed by atoms with Gasteiger partial charge in [-0.3, -0.25) is 14.5 Å². The predicted molar refractivity (Wildman–Crippen MR) is 168 cm³/mol. The third-order valence-corrected chi connectivity index (χ3v) is 8.40. The number of ketones is 1. The van der Waals surface area contributed by atoms with Crippen LogP contribution in [0.4, 0.5) is 15.8 Å². The van der Waals surface area contributed by atoms with Gasteiger partial charge in [-0.15, -0.1) is 0 Å². The van der Waals surface area contributed by atoms with Crippen molar-refractivity contribution < 1.29 is 28.2 Å². The third-order valence-electron chi connectivity index (χ3n) is 8.15. The molecule has 7 nitrogen and oxygen atoms in total. The molecular weight excluding hydrogens is 583 g/mol. The zero-order valence-corrected chi connectivity index (χ0v) is 25.2. The van der Waals surface area contributed by atoms with Crippen LogP contribution >= 0.6 is 11.6 Å². The minimum Gasteiger partial charge on any atom is -0.493 e. The largest absolute Gasteiger partial charge is 0.493 e. The van der Waals surface area contributed by atoms with E-state index in [0.29, 0.717) is 56.9 Å². The van der Waals surface area contributed by atoms with Crippen molar-refractivity contribution in [2.24, 2.45) is 0 Å². The van der Waals surface area contributed by atoms with Gasteiger partial charge in [0, 0.05) is 28.3 Å². The van der Waals surface area contributed by atoms with Crippen molar-refractivity contribution in [1.29, 1.82) is 0 Å². The fourth-order valence-corrected chi connectivity index (χ4v) is 6.21. The van der Waals surface area contributed by atoms with Crippen LogP contribution in [0.25, 0.3) is 0 Å². The Morgan fingerprint density at radius 1 is 0.864 bits per heavy atom. The first-order chi connectivity index (χ1) is 21.3. The number of rotatable bonds is 6. The second-order valence-corrected chi connectivity index (χ2v) is 11.1. The minimum absolute atomic E-state index is 0.0931. The number of hydrogen-bond donors (Lipinski definition) is 1. The highest BCUT2D eigenvalue weighted by molar-refractivity contribution is 6.30. The number of nitrogens with one attached hydrogen (secondary N) is 1. The van der Waals surface area contributed by atoms with Crippen molar-refractivity contribution in [2.75, 3.05) is 31.5 Å². The molecule has 0 spiro atoms. The van der Waals surface area contributed by atoms with Crippen LogP contribution in [0.3, 0.4) is 0 Å². The Morgan fingerprint density at radius 2 is 1.50 bits per heavy atom. The maximum Gasteiger partial charge on any atom is 0.259 e. The summed E-state index contributed by atoms with van der Waals surface area (Å²) in [5, 5.41) is 4.13. The molecule has 0 fully saturated rings. The third kappa shape index (κ3) is 5.26. The van der Waals surface area contributed by atoms with Gasteiger partial charge in [-0.2, -0.15) is 0 Å². The summed E-state index contributed by atoms with van der Waals surface area (Å²) in [5.41, 5.74) is 4.24. The summed E-state index contributed by atoms with van der Waals surface area (Å²) in [6.07, 6.45) is 0.767. The molecule has 0 saturated carbocycles. The van der Waals surface area contributed by atoms with E-state index in [1.165, 1.54) is 33.5 Å². The summed E-state index contributed by atoms with van der Waals surface area (Å²) in [6, 6.07) is 23.1. The number of anilines is 2. The Hall–Kier alpha value is -4.82. The summed E-state index contributed by atoms with van der Waals surface area (Å²) in [7, 11) is 4.45. The van der Waals surface area contributed by atoms with Gasteiger partial charge >= 0.3 is 0 Å². The number of allylic oxidation sites excluding steroid dienone is 1. The molecule has 2 atom stereocenters. The Kier molecular flexibility index (Phi) is 8.01. The quantitative estimate of drug-likeness (QED) is 0.240. The van der Waals surface area contributed by atoms with Crippen LogP contribution in [-0.2, 0) is 4.79 Å². The Morgan fingerprint density at radius 3 is 2.14 bits per heavy atom. The number of methoxy groups -OCH3 is 3. The van der Waals surface area contributed by atoms with E-state index in [1.54, 1.807) is 29.2 Å². The fourth-order valence-electron chi connectivity index (χ4n) is 6.09. The van der Waals surface area contributed by atoms with E-state index in [1.807, 2.05) is 48.5 Å². The van der Waals surface area contributed by atoms with Gasteiger partial charge in [-0.1, -0.05) is 48.0 Å². The molecule has 1 aliphatic carbocycles.